The lowest BCUT2D eigenvalue weighted by atomic mass is 9.82. The SMILES string of the molecule is CCCCCC(CCCCC)NCC1CCCC(C)C1. The first-order valence-electron chi connectivity index (χ1n) is 9.49. The van der Waals surface area contributed by atoms with Gasteiger partial charge in [0.25, 0.3) is 0 Å². The minimum Gasteiger partial charge on any atom is -0.314 e. The summed E-state index contributed by atoms with van der Waals surface area (Å²) in [6.45, 7) is 8.34. The van der Waals surface area contributed by atoms with Gasteiger partial charge >= 0.3 is 0 Å². The van der Waals surface area contributed by atoms with Crippen LogP contribution in [0.4, 0.5) is 0 Å². The van der Waals surface area contributed by atoms with E-state index in [2.05, 4.69) is 26.1 Å². The quantitative estimate of drug-likeness (QED) is 0.463. The summed E-state index contributed by atoms with van der Waals surface area (Å²) in [4.78, 5) is 0. The second-order valence-corrected chi connectivity index (χ2v) is 7.23. The van der Waals surface area contributed by atoms with Crippen molar-refractivity contribution in [1.82, 2.24) is 5.32 Å². The third-order valence-electron chi connectivity index (χ3n) is 5.05. The lowest BCUT2D eigenvalue weighted by Gasteiger charge is -2.29. The molecule has 0 saturated heterocycles. The largest absolute Gasteiger partial charge is 0.314 e. The van der Waals surface area contributed by atoms with Crippen LogP contribution in [0.25, 0.3) is 0 Å². The van der Waals surface area contributed by atoms with Crippen molar-refractivity contribution in [2.24, 2.45) is 11.8 Å². The van der Waals surface area contributed by atoms with E-state index in [9.17, 15) is 0 Å². The fraction of sp³-hybridized carbons (Fsp3) is 1.00. The Morgan fingerprint density at radius 1 is 0.950 bits per heavy atom. The summed E-state index contributed by atoms with van der Waals surface area (Å²) < 4.78 is 0. The van der Waals surface area contributed by atoms with E-state index in [1.54, 1.807) is 0 Å². The van der Waals surface area contributed by atoms with Gasteiger partial charge in [-0.05, 0) is 44.1 Å². The van der Waals surface area contributed by atoms with Gasteiger partial charge in [-0.3, -0.25) is 0 Å². The van der Waals surface area contributed by atoms with Gasteiger partial charge in [-0.1, -0.05) is 72.1 Å². The number of unbranched alkanes of at least 4 members (excludes halogenated alkanes) is 4. The molecule has 1 rings (SSSR count). The molecular formula is C19H39N. The molecule has 0 aliphatic heterocycles. The average molecular weight is 282 g/mol. The second-order valence-electron chi connectivity index (χ2n) is 7.23. The molecule has 0 aromatic carbocycles. The molecule has 1 aliphatic rings. The van der Waals surface area contributed by atoms with Gasteiger partial charge in [0.05, 0.1) is 0 Å². The van der Waals surface area contributed by atoms with Gasteiger partial charge in [-0.15, -0.1) is 0 Å². The van der Waals surface area contributed by atoms with E-state index in [1.807, 2.05) is 0 Å². The molecule has 0 bridgehead atoms. The Hall–Kier alpha value is -0.0400. The van der Waals surface area contributed by atoms with Crippen LogP contribution in [0.1, 0.15) is 97.8 Å². The number of rotatable bonds is 11. The van der Waals surface area contributed by atoms with Crippen molar-refractivity contribution in [2.45, 2.75) is 104 Å². The second kappa shape index (κ2) is 11.6. The molecule has 1 aliphatic carbocycles. The summed E-state index contributed by atoms with van der Waals surface area (Å²) in [6.07, 6.45) is 17.0. The van der Waals surface area contributed by atoms with Crippen LogP contribution in [0.2, 0.25) is 0 Å². The van der Waals surface area contributed by atoms with Crippen LogP contribution < -0.4 is 5.32 Å². The average Bonchev–Trinajstić information content (AvgIpc) is 2.44. The molecule has 1 nitrogen and oxygen atoms in total. The number of hydrogen-bond donors (Lipinski definition) is 1. The van der Waals surface area contributed by atoms with Gasteiger partial charge in [0.1, 0.15) is 0 Å². The van der Waals surface area contributed by atoms with Gasteiger partial charge in [-0.25, -0.2) is 0 Å². The molecule has 0 radical (unpaired) electrons. The van der Waals surface area contributed by atoms with E-state index >= 15 is 0 Å². The fourth-order valence-electron chi connectivity index (χ4n) is 3.71. The first-order valence-corrected chi connectivity index (χ1v) is 9.49. The molecule has 1 N–H and O–H groups in total. The molecule has 0 aromatic rings. The smallest absolute Gasteiger partial charge is 0.00671 e. The Labute approximate surface area is 128 Å². The van der Waals surface area contributed by atoms with E-state index in [0.29, 0.717) is 0 Å². The van der Waals surface area contributed by atoms with Gasteiger partial charge < -0.3 is 5.32 Å². The highest BCUT2D eigenvalue weighted by Crippen LogP contribution is 2.28. The van der Waals surface area contributed by atoms with E-state index in [4.69, 9.17) is 0 Å². The van der Waals surface area contributed by atoms with Crippen molar-refractivity contribution in [2.75, 3.05) is 6.54 Å². The summed E-state index contributed by atoms with van der Waals surface area (Å²) >= 11 is 0. The number of nitrogens with one attached hydrogen (secondary N) is 1. The Morgan fingerprint density at radius 2 is 1.60 bits per heavy atom. The van der Waals surface area contributed by atoms with Crippen molar-refractivity contribution in [1.29, 1.82) is 0 Å². The normalized spacial score (nSPS) is 23.4. The lowest BCUT2D eigenvalue weighted by molar-refractivity contribution is 0.261. The summed E-state index contributed by atoms with van der Waals surface area (Å²) in [5.74, 6) is 1.92. The van der Waals surface area contributed by atoms with E-state index in [0.717, 1.165) is 17.9 Å². The zero-order chi connectivity index (χ0) is 14.6. The molecule has 1 saturated carbocycles. The van der Waals surface area contributed by atoms with Crippen molar-refractivity contribution in [3.63, 3.8) is 0 Å². The van der Waals surface area contributed by atoms with Crippen LogP contribution in [-0.2, 0) is 0 Å². The molecule has 1 heteroatoms. The van der Waals surface area contributed by atoms with Crippen LogP contribution in [0.3, 0.4) is 0 Å². The third kappa shape index (κ3) is 8.29. The highest BCUT2D eigenvalue weighted by molar-refractivity contribution is 4.75. The first-order chi connectivity index (χ1) is 9.76. The molecule has 2 atom stereocenters. The van der Waals surface area contributed by atoms with Crippen LogP contribution in [0.5, 0.6) is 0 Å². The topological polar surface area (TPSA) is 12.0 Å². The Morgan fingerprint density at radius 3 is 2.15 bits per heavy atom. The minimum absolute atomic E-state index is 0.797. The summed E-state index contributed by atoms with van der Waals surface area (Å²) in [7, 11) is 0. The van der Waals surface area contributed by atoms with Gasteiger partial charge in [-0.2, -0.15) is 0 Å². The van der Waals surface area contributed by atoms with Gasteiger partial charge in [0.2, 0.25) is 0 Å². The van der Waals surface area contributed by atoms with Crippen LogP contribution in [0, 0.1) is 11.8 Å². The van der Waals surface area contributed by atoms with Crippen LogP contribution in [-0.4, -0.2) is 12.6 Å². The number of hydrogen-bond acceptors (Lipinski definition) is 1. The molecule has 0 spiro atoms. The highest BCUT2D eigenvalue weighted by atomic mass is 14.9. The molecule has 1 fully saturated rings. The first kappa shape index (κ1) is 18.0. The molecule has 0 aromatic heterocycles. The molecule has 120 valence electrons. The monoisotopic (exact) mass is 281 g/mol. The van der Waals surface area contributed by atoms with Crippen LogP contribution >= 0.6 is 0 Å². The molecule has 0 heterocycles. The van der Waals surface area contributed by atoms with Crippen molar-refractivity contribution in [3.05, 3.63) is 0 Å². The molecule has 2 unspecified atom stereocenters. The maximum absolute atomic E-state index is 3.93. The van der Waals surface area contributed by atoms with Crippen molar-refractivity contribution >= 4 is 0 Å². The van der Waals surface area contributed by atoms with E-state index < -0.39 is 0 Å². The Balaban J connectivity index is 2.22. The van der Waals surface area contributed by atoms with E-state index in [-0.39, 0.29) is 0 Å². The molecule has 0 amide bonds. The maximum Gasteiger partial charge on any atom is 0.00671 e. The zero-order valence-corrected chi connectivity index (χ0v) is 14.4. The Kier molecular flexibility index (Phi) is 10.4. The maximum atomic E-state index is 3.93. The summed E-state index contributed by atoms with van der Waals surface area (Å²) in [5.41, 5.74) is 0. The standard InChI is InChI=1S/C19H39N/c1-4-6-8-13-19(14-9-7-5-2)20-16-18-12-10-11-17(3)15-18/h17-20H,4-16H2,1-3H3. The van der Waals surface area contributed by atoms with E-state index in [1.165, 1.54) is 83.6 Å². The summed E-state index contributed by atoms with van der Waals surface area (Å²) in [5, 5.41) is 3.93. The summed E-state index contributed by atoms with van der Waals surface area (Å²) in [6, 6.07) is 0.797. The third-order valence-corrected chi connectivity index (χ3v) is 5.05. The predicted octanol–water partition coefficient (Wildman–Crippen LogP) is 5.93. The van der Waals surface area contributed by atoms with Gasteiger partial charge in [0, 0.05) is 6.04 Å². The van der Waals surface area contributed by atoms with Crippen LogP contribution in [0.15, 0.2) is 0 Å². The Bertz CT molecular complexity index is 204. The molecular weight excluding hydrogens is 242 g/mol. The van der Waals surface area contributed by atoms with Crippen molar-refractivity contribution < 1.29 is 0 Å². The lowest BCUT2D eigenvalue weighted by Crippen LogP contribution is -2.35. The predicted molar refractivity (Wildman–Crippen MR) is 91.2 cm³/mol. The highest BCUT2D eigenvalue weighted by Gasteiger charge is 2.19. The molecule has 20 heavy (non-hydrogen) atoms. The van der Waals surface area contributed by atoms with Gasteiger partial charge in [0.15, 0.2) is 0 Å². The minimum atomic E-state index is 0.797. The van der Waals surface area contributed by atoms with Crippen molar-refractivity contribution in [3.8, 4) is 0 Å². The fourth-order valence-corrected chi connectivity index (χ4v) is 3.71. The zero-order valence-electron chi connectivity index (χ0n) is 14.4.